The summed E-state index contributed by atoms with van der Waals surface area (Å²) < 4.78 is 2.11. The van der Waals surface area contributed by atoms with E-state index < -0.39 is 0 Å². The highest BCUT2D eigenvalue weighted by Crippen LogP contribution is 2.04. The summed E-state index contributed by atoms with van der Waals surface area (Å²) in [5.74, 6) is 0. The molecule has 0 saturated carbocycles. The van der Waals surface area contributed by atoms with Gasteiger partial charge in [-0.25, -0.2) is 4.57 Å². The summed E-state index contributed by atoms with van der Waals surface area (Å²) in [7, 11) is 0. The molecule has 0 aliphatic carbocycles. The van der Waals surface area contributed by atoms with Crippen LogP contribution < -0.4 is 22.7 Å². The van der Waals surface area contributed by atoms with Gasteiger partial charge in [-0.1, -0.05) is 36.5 Å². The van der Waals surface area contributed by atoms with Crippen molar-refractivity contribution in [3.63, 3.8) is 0 Å². The summed E-state index contributed by atoms with van der Waals surface area (Å²) in [6.07, 6.45) is 4.07. The van der Waals surface area contributed by atoms with Crippen molar-refractivity contribution in [2.24, 2.45) is 5.73 Å². The Balaban J connectivity index is 0.00000144. The number of halogens is 1. The lowest BCUT2D eigenvalue weighted by Crippen LogP contribution is -3.00. The number of pyridine rings is 1. The maximum Gasteiger partial charge on any atom is 0.173 e. The molecule has 2 rings (SSSR count). The first-order valence-electron chi connectivity index (χ1n) is 5.08. The van der Waals surface area contributed by atoms with Crippen LogP contribution >= 0.6 is 12.2 Å². The van der Waals surface area contributed by atoms with Crippen molar-refractivity contribution in [2.45, 2.75) is 6.54 Å². The predicted molar refractivity (Wildman–Crippen MR) is 68.1 cm³/mol. The minimum Gasteiger partial charge on any atom is -1.00 e. The molecule has 88 valence electrons. The third-order valence-corrected chi connectivity index (χ3v) is 2.59. The zero-order valence-electron chi connectivity index (χ0n) is 9.21. The fourth-order valence-electron chi connectivity index (χ4n) is 1.57. The SMILES string of the molecule is NC(=S)c1cccc(C[n+]2ccccc2)c1.[Cl-]. The number of aromatic nitrogens is 1. The van der Waals surface area contributed by atoms with Gasteiger partial charge in [0.1, 0.15) is 4.99 Å². The average molecular weight is 265 g/mol. The first-order chi connectivity index (χ1) is 7.75. The zero-order chi connectivity index (χ0) is 11.4. The normalized spacial score (nSPS) is 9.41. The van der Waals surface area contributed by atoms with Crippen LogP contribution in [0.2, 0.25) is 0 Å². The van der Waals surface area contributed by atoms with E-state index in [0.29, 0.717) is 4.99 Å². The molecule has 2 nitrogen and oxygen atoms in total. The van der Waals surface area contributed by atoms with E-state index in [2.05, 4.69) is 10.6 Å². The lowest BCUT2D eigenvalue weighted by Gasteiger charge is -2.01. The van der Waals surface area contributed by atoms with Gasteiger partial charge in [0.15, 0.2) is 18.9 Å². The van der Waals surface area contributed by atoms with Crippen LogP contribution in [0.1, 0.15) is 11.1 Å². The first kappa shape index (κ1) is 13.6. The van der Waals surface area contributed by atoms with Crippen LogP contribution in [-0.4, -0.2) is 4.99 Å². The summed E-state index contributed by atoms with van der Waals surface area (Å²) in [5, 5.41) is 0. The molecule has 1 aromatic heterocycles. The highest BCUT2D eigenvalue weighted by Gasteiger charge is 2.03. The molecule has 1 aromatic carbocycles. The number of benzene rings is 1. The Morgan fingerprint density at radius 2 is 1.82 bits per heavy atom. The molecule has 0 unspecified atom stereocenters. The van der Waals surface area contributed by atoms with Crippen molar-refractivity contribution < 1.29 is 17.0 Å². The molecular weight excluding hydrogens is 252 g/mol. The number of nitrogens with zero attached hydrogens (tertiary/aromatic N) is 1. The molecular formula is C13H13ClN2S. The van der Waals surface area contributed by atoms with E-state index >= 15 is 0 Å². The smallest absolute Gasteiger partial charge is 0.173 e. The van der Waals surface area contributed by atoms with E-state index in [9.17, 15) is 0 Å². The lowest BCUT2D eigenvalue weighted by atomic mass is 10.1. The van der Waals surface area contributed by atoms with Gasteiger partial charge in [-0.2, -0.15) is 0 Å². The molecule has 0 atom stereocenters. The zero-order valence-corrected chi connectivity index (χ0v) is 10.8. The van der Waals surface area contributed by atoms with E-state index in [0.717, 1.165) is 12.1 Å². The molecule has 0 saturated heterocycles. The van der Waals surface area contributed by atoms with Gasteiger partial charge in [-0.3, -0.25) is 0 Å². The van der Waals surface area contributed by atoms with Crippen molar-refractivity contribution in [3.05, 3.63) is 66.0 Å². The van der Waals surface area contributed by atoms with Gasteiger partial charge >= 0.3 is 0 Å². The van der Waals surface area contributed by atoms with Gasteiger partial charge in [0.05, 0.1) is 0 Å². The van der Waals surface area contributed by atoms with Gasteiger partial charge < -0.3 is 18.1 Å². The Labute approximate surface area is 112 Å². The van der Waals surface area contributed by atoms with Crippen LogP contribution in [-0.2, 0) is 6.54 Å². The molecule has 0 fully saturated rings. The fraction of sp³-hybridized carbons (Fsp3) is 0.0769. The van der Waals surface area contributed by atoms with Crippen molar-refractivity contribution in [2.75, 3.05) is 0 Å². The molecule has 17 heavy (non-hydrogen) atoms. The number of hydrogen-bond donors (Lipinski definition) is 1. The highest BCUT2D eigenvalue weighted by molar-refractivity contribution is 7.80. The summed E-state index contributed by atoms with van der Waals surface area (Å²) in [6.45, 7) is 0.831. The lowest BCUT2D eigenvalue weighted by molar-refractivity contribution is -0.688. The maximum atomic E-state index is 5.60. The highest BCUT2D eigenvalue weighted by atomic mass is 35.5. The average Bonchev–Trinajstić information content (AvgIpc) is 2.30. The molecule has 0 radical (unpaired) electrons. The Hall–Kier alpha value is -1.45. The van der Waals surface area contributed by atoms with Gasteiger partial charge in [-0.15, -0.1) is 0 Å². The van der Waals surface area contributed by atoms with E-state index in [-0.39, 0.29) is 12.4 Å². The van der Waals surface area contributed by atoms with Crippen molar-refractivity contribution in [1.29, 1.82) is 0 Å². The molecule has 0 bridgehead atoms. The van der Waals surface area contributed by atoms with Crippen LogP contribution in [0.5, 0.6) is 0 Å². The van der Waals surface area contributed by atoms with Crippen LogP contribution in [0.15, 0.2) is 54.9 Å². The number of hydrogen-bond acceptors (Lipinski definition) is 1. The van der Waals surface area contributed by atoms with Crippen molar-refractivity contribution >= 4 is 17.2 Å². The quantitative estimate of drug-likeness (QED) is 0.550. The van der Waals surface area contributed by atoms with Crippen LogP contribution in [0.3, 0.4) is 0 Å². The number of rotatable bonds is 3. The van der Waals surface area contributed by atoms with Gasteiger partial charge in [0.2, 0.25) is 0 Å². The second-order valence-corrected chi connectivity index (χ2v) is 4.05. The molecule has 0 spiro atoms. The monoisotopic (exact) mass is 264 g/mol. The van der Waals surface area contributed by atoms with E-state index in [1.807, 2.05) is 48.8 Å². The minimum absolute atomic E-state index is 0. The standard InChI is InChI=1S/C13H12N2S.ClH/c14-13(16)12-6-4-5-11(9-12)10-15-7-2-1-3-8-15;/h1-9H,10H2,(H-,14,16);1H. The Bertz CT molecular complexity index is 500. The summed E-state index contributed by atoms with van der Waals surface area (Å²) in [4.78, 5) is 0.444. The predicted octanol–water partition coefficient (Wildman–Crippen LogP) is -1.34. The third kappa shape index (κ3) is 3.80. The summed E-state index contributed by atoms with van der Waals surface area (Å²) in [5.41, 5.74) is 7.72. The Kier molecular flexibility index (Phi) is 5.07. The van der Waals surface area contributed by atoms with E-state index in [1.165, 1.54) is 5.56 Å². The van der Waals surface area contributed by atoms with E-state index in [4.69, 9.17) is 18.0 Å². The van der Waals surface area contributed by atoms with E-state index in [1.54, 1.807) is 0 Å². The molecule has 2 N–H and O–H groups in total. The second kappa shape index (κ2) is 6.33. The van der Waals surface area contributed by atoms with Gasteiger partial charge in [0, 0.05) is 23.3 Å². The van der Waals surface area contributed by atoms with Gasteiger partial charge in [-0.05, 0) is 6.07 Å². The topological polar surface area (TPSA) is 29.9 Å². The third-order valence-electron chi connectivity index (χ3n) is 2.35. The van der Waals surface area contributed by atoms with Crippen LogP contribution in [0, 0.1) is 0 Å². The second-order valence-electron chi connectivity index (χ2n) is 3.61. The summed E-state index contributed by atoms with van der Waals surface area (Å²) >= 11 is 4.96. The molecule has 4 heteroatoms. The van der Waals surface area contributed by atoms with Crippen molar-refractivity contribution in [3.8, 4) is 0 Å². The molecule has 0 amide bonds. The first-order valence-corrected chi connectivity index (χ1v) is 5.49. The van der Waals surface area contributed by atoms with Gasteiger partial charge in [0.25, 0.3) is 0 Å². The molecule has 2 aromatic rings. The summed E-state index contributed by atoms with van der Waals surface area (Å²) in [6, 6.07) is 14.0. The largest absolute Gasteiger partial charge is 1.00 e. The molecule has 0 aliphatic heterocycles. The van der Waals surface area contributed by atoms with Crippen LogP contribution in [0.4, 0.5) is 0 Å². The maximum absolute atomic E-state index is 5.60. The fourth-order valence-corrected chi connectivity index (χ4v) is 1.70. The van der Waals surface area contributed by atoms with Crippen molar-refractivity contribution in [1.82, 2.24) is 0 Å². The Morgan fingerprint density at radius 3 is 2.47 bits per heavy atom. The number of nitrogens with two attached hydrogens (primary N) is 1. The molecule has 0 aliphatic rings. The van der Waals surface area contributed by atoms with Crippen LogP contribution in [0.25, 0.3) is 0 Å². The molecule has 1 heterocycles. The minimum atomic E-state index is 0. The Morgan fingerprint density at radius 1 is 1.12 bits per heavy atom. The number of thiocarbonyl (C=S) groups is 1.